The van der Waals surface area contributed by atoms with E-state index in [0.29, 0.717) is 0 Å². The highest BCUT2D eigenvalue weighted by Crippen LogP contribution is 2.45. The first-order valence-electron chi connectivity index (χ1n) is 18.3. The largest absolute Gasteiger partial charge is 0.309 e. The quantitative estimate of drug-likeness (QED) is 0.164. The maximum atomic E-state index is 2.41. The van der Waals surface area contributed by atoms with Gasteiger partial charge in [-0.15, -0.1) is 0 Å². The first-order valence-corrected chi connectivity index (χ1v) is 18.3. The standard InChI is InChI=1S/C52H33N/c1-2-13-35(14-3-1)51-45-18-6-7-19-46(45)52(47-29-27-40(33-48(47)51)37-23-22-34-12-4-5-15-36(34)30-37)41-25-24-39-32-42(28-26-38(39)31-41)53-49-20-10-8-16-43(49)44-17-9-11-21-50(44)53/h1-33H. The highest BCUT2D eigenvalue weighted by Gasteiger charge is 2.18. The molecule has 0 aliphatic heterocycles. The van der Waals surface area contributed by atoms with Crippen LogP contribution in [0.15, 0.2) is 200 Å². The monoisotopic (exact) mass is 671 g/mol. The minimum Gasteiger partial charge on any atom is -0.309 e. The van der Waals surface area contributed by atoms with Crippen molar-refractivity contribution in [2.24, 2.45) is 0 Å². The second-order valence-corrected chi connectivity index (χ2v) is 14.1. The zero-order chi connectivity index (χ0) is 34.9. The highest BCUT2D eigenvalue weighted by atomic mass is 15.0. The van der Waals surface area contributed by atoms with E-state index in [2.05, 4.69) is 205 Å². The Kier molecular flexibility index (Phi) is 6.62. The van der Waals surface area contributed by atoms with Crippen LogP contribution in [0.3, 0.4) is 0 Å². The van der Waals surface area contributed by atoms with E-state index in [9.17, 15) is 0 Å². The highest BCUT2D eigenvalue weighted by molar-refractivity contribution is 6.22. The van der Waals surface area contributed by atoms with Gasteiger partial charge in [-0.1, -0.05) is 158 Å². The van der Waals surface area contributed by atoms with Crippen molar-refractivity contribution >= 4 is 64.9 Å². The van der Waals surface area contributed by atoms with E-state index >= 15 is 0 Å². The Morgan fingerprint density at radius 2 is 0.717 bits per heavy atom. The van der Waals surface area contributed by atoms with Gasteiger partial charge in [0, 0.05) is 16.5 Å². The molecule has 0 unspecified atom stereocenters. The van der Waals surface area contributed by atoms with Gasteiger partial charge < -0.3 is 4.57 Å². The van der Waals surface area contributed by atoms with Gasteiger partial charge in [-0.3, -0.25) is 0 Å². The normalized spacial score (nSPS) is 11.8. The van der Waals surface area contributed by atoms with Crippen LogP contribution in [-0.2, 0) is 0 Å². The van der Waals surface area contributed by atoms with Crippen molar-refractivity contribution in [1.29, 1.82) is 0 Å². The molecule has 0 radical (unpaired) electrons. The second-order valence-electron chi connectivity index (χ2n) is 14.1. The van der Waals surface area contributed by atoms with E-state index < -0.39 is 0 Å². The summed E-state index contributed by atoms with van der Waals surface area (Å²) in [5.41, 5.74) is 11.1. The summed E-state index contributed by atoms with van der Waals surface area (Å²) in [6.07, 6.45) is 0. The summed E-state index contributed by atoms with van der Waals surface area (Å²) in [5.74, 6) is 0. The van der Waals surface area contributed by atoms with Crippen LogP contribution in [0.2, 0.25) is 0 Å². The summed E-state index contributed by atoms with van der Waals surface area (Å²) in [6, 6.07) is 73.6. The summed E-state index contributed by atoms with van der Waals surface area (Å²) in [6.45, 7) is 0. The van der Waals surface area contributed by atoms with Crippen molar-refractivity contribution in [2.75, 3.05) is 0 Å². The fourth-order valence-corrected chi connectivity index (χ4v) is 8.68. The van der Waals surface area contributed by atoms with Crippen molar-refractivity contribution in [3.8, 4) is 39.1 Å². The fourth-order valence-electron chi connectivity index (χ4n) is 8.68. The first kappa shape index (κ1) is 29.7. The number of para-hydroxylation sites is 2. The third-order valence-corrected chi connectivity index (χ3v) is 11.1. The third kappa shape index (κ3) is 4.71. The predicted molar refractivity (Wildman–Crippen MR) is 227 cm³/mol. The van der Waals surface area contributed by atoms with E-state index in [1.165, 1.54) is 104 Å². The van der Waals surface area contributed by atoms with Gasteiger partial charge in [0.2, 0.25) is 0 Å². The van der Waals surface area contributed by atoms with Crippen LogP contribution in [0, 0.1) is 0 Å². The molecular formula is C52H33N. The third-order valence-electron chi connectivity index (χ3n) is 11.1. The number of rotatable bonds is 4. The van der Waals surface area contributed by atoms with Gasteiger partial charge in [0.25, 0.3) is 0 Å². The van der Waals surface area contributed by atoms with Gasteiger partial charge in [0.1, 0.15) is 0 Å². The maximum absolute atomic E-state index is 2.41. The lowest BCUT2D eigenvalue weighted by atomic mass is 9.84. The van der Waals surface area contributed by atoms with E-state index in [0.717, 1.165) is 0 Å². The van der Waals surface area contributed by atoms with Gasteiger partial charge in [0.15, 0.2) is 0 Å². The van der Waals surface area contributed by atoms with Crippen LogP contribution in [0.4, 0.5) is 0 Å². The number of fused-ring (bicyclic) bond motifs is 7. The molecule has 1 heterocycles. The summed E-state index contributed by atoms with van der Waals surface area (Å²) in [7, 11) is 0. The van der Waals surface area contributed by atoms with Gasteiger partial charge in [-0.2, -0.15) is 0 Å². The number of hydrogen-bond donors (Lipinski definition) is 0. The van der Waals surface area contributed by atoms with Crippen molar-refractivity contribution in [3.63, 3.8) is 0 Å². The molecule has 0 aliphatic carbocycles. The van der Waals surface area contributed by atoms with Crippen molar-refractivity contribution < 1.29 is 0 Å². The molecule has 0 bridgehead atoms. The molecule has 0 aliphatic rings. The predicted octanol–water partition coefficient (Wildman–Crippen LogP) is 14.4. The zero-order valence-corrected chi connectivity index (χ0v) is 29.0. The Morgan fingerprint density at radius 3 is 1.47 bits per heavy atom. The topological polar surface area (TPSA) is 4.93 Å². The molecule has 1 nitrogen and oxygen atoms in total. The Balaban J connectivity index is 1.13. The minimum atomic E-state index is 1.17. The van der Waals surface area contributed by atoms with Gasteiger partial charge in [-0.05, 0) is 119 Å². The molecular weight excluding hydrogens is 639 g/mol. The molecule has 1 heteroatoms. The van der Waals surface area contributed by atoms with E-state index in [1.807, 2.05) is 0 Å². The maximum Gasteiger partial charge on any atom is 0.0541 e. The first-order chi connectivity index (χ1) is 26.3. The molecule has 11 rings (SSSR count). The molecule has 53 heavy (non-hydrogen) atoms. The molecule has 246 valence electrons. The lowest BCUT2D eigenvalue weighted by Crippen LogP contribution is -1.94. The van der Waals surface area contributed by atoms with Crippen molar-refractivity contribution in [1.82, 2.24) is 4.57 Å². The van der Waals surface area contributed by atoms with Crippen LogP contribution in [0.1, 0.15) is 0 Å². The second kappa shape index (κ2) is 11.8. The van der Waals surface area contributed by atoms with Crippen LogP contribution in [0.5, 0.6) is 0 Å². The summed E-state index contributed by atoms with van der Waals surface area (Å²) >= 11 is 0. The molecule has 11 aromatic rings. The van der Waals surface area contributed by atoms with Crippen LogP contribution >= 0.6 is 0 Å². The molecule has 0 atom stereocenters. The number of nitrogens with zero attached hydrogens (tertiary/aromatic N) is 1. The van der Waals surface area contributed by atoms with Crippen LogP contribution < -0.4 is 0 Å². The van der Waals surface area contributed by atoms with Crippen LogP contribution in [0.25, 0.3) is 104 Å². The number of aromatic nitrogens is 1. The van der Waals surface area contributed by atoms with E-state index in [-0.39, 0.29) is 0 Å². The molecule has 0 amide bonds. The van der Waals surface area contributed by atoms with Gasteiger partial charge >= 0.3 is 0 Å². The molecule has 0 fully saturated rings. The fraction of sp³-hybridized carbons (Fsp3) is 0. The van der Waals surface area contributed by atoms with Gasteiger partial charge in [-0.25, -0.2) is 0 Å². The molecule has 0 saturated carbocycles. The smallest absolute Gasteiger partial charge is 0.0541 e. The van der Waals surface area contributed by atoms with Crippen molar-refractivity contribution in [3.05, 3.63) is 200 Å². The minimum absolute atomic E-state index is 1.17. The van der Waals surface area contributed by atoms with Crippen LogP contribution in [-0.4, -0.2) is 4.57 Å². The Bertz CT molecular complexity index is 3170. The van der Waals surface area contributed by atoms with Crippen molar-refractivity contribution in [2.45, 2.75) is 0 Å². The molecule has 0 spiro atoms. The number of hydrogen-bond acceptors (Lipinski definition) is 0. The molecule has 0 N–H and O–H groups in total. The lowest BCUT2D eigenvalue weighted by Gasteiger charge is -2.19. The molecule has 0 saturated heterocycles. The Labute approximate surface area is 307 Å². The number of benzene rings is 10. The van der Waals surface area contributed by atoms with Gasteiger partial charge in [0.05, 0.1) is 11.0 Å². The zero-order valence-electron chi connectivity index (χ0n) is 29.0. The summed E-state index contributed by atoms with van der Waals surface area (Å²) in [4.78, 5) is 0. The Morgan fingerprint density at radius 1 is 0.245 bits per heavy atom. The average Bonchev–Trinajstić information content (AvgIpc) is 3.57. The Hall–Kier alpha value is -6.96. The van der Waals surface area contributed by atoms with E-state index in [4.69, 9.17) is 0 Å². The average molecular weight is 672 g/mol. The van der Waals surface area contributed by atoms with E-state index in [1.54, 1.807) is 0 Å². The summed E-state index contributed by atoms with van der Waals surface area (Å²) < 4.78 is 2.40. The summed E-state index contributed by atoms with van der Waals surface area (Å²) in [5, 5.41) is 12.6. The molecule has 10 aromatic carbocycles. The SMILES string of the molecule is c1ccc(-c2c3ccccc3c(-c3ccc4cc(-n5c6ccccc6c6ccccc65)ccc4c3)c3ccc(-c4ccc5ccccc5c4)cc23)cc1. The lowest BCUT2D eigenvalue weighted by molar-refractivity contribution is 1.19. The molecule has 1 aromatic heterocycles.